The lowest BCUT2D eigenvalue weighted by Crippen LogP contribution is -2.11. The molecule has 0 spiro atoms. The van der Waals surface area contributed by atoms with E-state index in [0.717, 1.165) is 31.5 Å². The van der Waals surface area contributed by atoms with Gasteiger partial charge in [-0.15, -0.1) is 0 Å². The molecule has 19 heavy (non-hydrogen) atoms. The van der Waals surface area contributed by atoms with Crippen LogP contribution in [-0.4, -0.2) is 20.9 Å². The number of rotatable bonds is 2. The largest absolute Gasteiger partial charge is 0.476 e. The molecular formula is C14H13FN2O2. The Balaban J connectivity index is 2.23. The maximum absolute atomic E-state index is 13.3. The molecule has 2 heterocycles. The number of hydrogen-bond acceptors (Lipinski definition) is 2. The van der Waals surface area contributed by atoms with Crippen LogP contribution < -0.4 is 0 Å². The van der Waals surface area contributed by atoms with Crippen LogP contribution in [-0.2, 0) is 13.0 Å². The van der Waals surface area contributed by atoms with Gasteiger partial charge in [-0.25, -0.2) is 9.18 Å². The molecule has 0 saturated heterocycles. The van der Waals surface area contributed by atoms with E-state index in [4.69, 9.17) is 0 Å². The van der Waals surface area contributed by atoms with Gasteiger partial charge in [-0.05, 0) is 37.0 Å². The summed E-state index contributed by atoms with van der Waals surface area (Å²) in [4.78, 5) is 11.3. The van der Waals surface area contributed by atoms with Crippen molar-refractivity contribution in [2.45, 2.75) is 25.8 Å². The number of halogens is 1. The Bertz CT molecular complexity index is 649. The first-order chi connectivity index (χ1) is 9.16. The molecule has 2 aromatic rings. The minimum Gasteiger partial charge on any atom is -0.476 e. The maximum atomic E-state index is 13.3. The topological polar surface area (TPSA) is 55.1 Å². The van der Waals surface area contributed by atoms with Crippen molar-refractivity contribution in [1.82, 2.24) is 9.78 Å². The zero-order valence-electron chi connectivity index (χ0n) is 10.3. The second kappa shape index (κ2) is 4.50. The van der Waals surface area contributed by atoms with Gasteiger partial charge in [-0.3, -0.25) is 4.68 Å². The first kappa shape index (κ1) is 11.9. The number of nitrogens with zero attached hydrogens (tertiary/aromatic N) is 2. The molecule has 1 aromatic carbocycles. The Morgan fingerprint density at radius 1 is 1.37 bits per heavy atom. The fourth-order valence-corrected chi connectivity index (χ4v) is 2.59. The number of hydrogen-bond donors (Lipinski definition) is 1. The summed E-state index contributed by atoms with van der Waals surface area (Å²) < 4.78 is 15.1. The summed E-state index contributed by atoms with van der Waals surface area (Å²) in [5.41, 5.74) is 2.06. The molecule has 0 atom stereocenters. The van der Waals surface area contributed by atoms with E-state index in [2.05, 4.69) is 5.10 Å². The molecule has 0 radical (unpaired) electrons. The molecule has 0 unspecified atom stereocenters. The Kier molecular flexibility index (Phi) is 2.81. The molecule has 1 N–H and O–H groups in total. The molecule has 0 bridgehead atoms. The minimum absolute atomic E-state index is 0.0162. The summed E-state index contributed by atoms with van der Waals surface area (Å²) >= 11 is 0. The second-order valence-corrected chi connectivity index (χ2v) is 4.67. The predicted molar refractivity (Wildman–Crippen MR) is 67.5 cm³/mol. The lowest BCUT2D eigenvalue weighted by molar-refractivity contribution is 0.0690. The molecule has 5 heteroatoms. The van der Waals surface area contributed by atoms with Crippen LogP contribution in [0.15, 0.2) is 24.3 Å². The average Bonchev–Trinajstić information content (AvgIpc) is 2.78. The highest BCUT2D eigenvalue weighted by atomic mass is 19.1. The van der Waals surface area contributed by atoms with Crippen molar-refractivity contribution >= 4 is 5.97 Å². The van der Waals surface area contributed by atoms with E-state index in [1.165, 1.54) is 12.1 Å². The van der Waals surface area contributed by atoms with Crippen LogP contribution in [0.4, 0.5) is 4.39 Å². The molecule has 4 nitrogen and oxygen atoms in total. The SMILES string of the molecule is O=C(O)c1nn2c(c1-c1cccc(F)c1)CCCC2. The normalized spacial score (nSPS) is 14.2. The third kappa shape index (κ3) is 2.01. The summed E-state index contributed by atoms with van der Waals surface area (Å²) in [7, 11) is 0. The quantitative estimate of drug-likeness (QED) is 0.903. The Hall–Kier alpha value is -2.17. The first-order valence-electron chi connectivity index (χ1n) is 6.26. The standard InChI is InChI=1S/C14H13FN2O2/c15-10-5-3-4-9(8-10)12-11-6-1-2-7-17(11)16-13(12)14(18)19/h3-5,8H,1-2,6-7H2,(H,18,19). The summed E-state index contributed by atoms with van der Waals surface area (Å²) in [5, 5.41) is 13.4. The monoisotopic (exact) mass is 260 g/mol. The highest BCUT2D eigenvalue weighted by Gasteiger charge is 2.25. The van der Waals surface area contributed by atoms with Gasteiger partial charge in [0.1, 0.15) is 5.82 Å². The highest BCUT2D eigenvalue weighted by molar-refractivity contribution is 5.94. The van der Waals surface area contributed by atoms with Gasteiger partial charge in [0.2, 0.25) is 0 Å². The van der Waals surface area contributed by atoms with Gasteiger partial charge in [0.15, 0.2) is 5.69 Å². The van der Waals surface area contributed by atoms with Crippen LogP contribution >= 0.6 is 0 Å². The smallest absolute Gasteiger partial charge is 0.357 e. The molecule has 1 aliphatic rings. The number of aryl methyl sites for hydroxylation is 1. The van der Waals surface area contributed by atoms with Crippen LogP contribution in [0.5, 0.6) is 0 Å². The van der Waals surface area contributed by atoms with E-state index in [1.54, 1.807) is 16.8 Å². The number of aromatic nitrogens is 2. The van der Waals surface area contributed by atoms with Gasteiger partial charge >= 0.3 is 5.97 Å². The zero-order valence-corrected chi connectivity index (χ0v) is 10.3. The third-order valence-corrected chi connectivity index (χ3v) is 3.41. The van der Waals surface area contributed by atoms with Gasteiger partial charge in [0, 0.05) is 17.8 Å². The molecule has 0 amide bonds. The maximum Gasteiger partial charge on any atom is 0.357 e. The van der Waals surface area contributed by atoms with Crippen LogP contribution in [0.1, 0.15) is 29.0 Å². The van der Waals surface area contributed by atoms with Crippen LogP contribution in [0.2, 0.25) is 0 Å². The van der Waals surface area contributed by atoms with E-state index < -0.39 is 5.97 Å². The van der Waals surface area contributed by atoms with Crippen LogP contribution in [0.25, 0.3) is 11.1 Å². The van der Waals surface area contributed by atoms with Crippen molar-refractivity contribution < 1.29 is 14.3 Å². The summed E-state index contributed by atoms with van der Waals surface area (Å²) in [6.45, 7) is 0.727. The first-order valence-corrected chi connectivity index (χ1v) is 6.26. The summed E-state index contributed by atoms with van der Waals surface area (Å²) in [5.74, 6) is -1.44. The van der Waals surface area contributed by atoms with Crippen molar-refractivity contribution in [2.24, 2.45) is 0 Å². The fourth-order valence-electron chi connectivity index (χ4n) is 2.59. The molecule has 0 aliphatic carbocycles. The van der Waals surface area contributed by atoms with Crippen molar-refractivity contribution in [3.05, 3.63) is 41.5 Å². The number of carbonyl (C=O) groups is 1. The molecule has 1 aliphatic heterocycles. The number of carboxylic acids is 1. The number of aromatic carboxylic acids is 1. The van der Waals surface area contributed by atoms with Crippen molar-refractivity contribution in [2.75, 3.05) is 0 Å². The van der Waals surface area contributed by atoms with Gasteiger partial charge in [0.25, 0.3) is 0 Å². The lowest BCUT2D eigenvalue weighted by atomic mass is 9.98. The van der Waals surface area contributed by atoms with Crippen molar-refractivity contribution in [1.29, 1.82) is 0 Å². The van der Waals surface area contributed by atoms with Gasteiger partial charge < -0.3 is 5.11 Å². The van der Waals surface area contributed by atoms with Gasteiger partial charge in [0.05, 0.1) is 0 Å². The Morgan fingerprint density at radius 3 is 2.95 bits per heavy atom. The van der Waals surface area contributed by atoms with E-state index in [-0.39, 0.29) is 11.5 Å². The molecule has 0 saturated carbocycles. The fraction of sp³-hybridized carbons (Fsp3) is 0.286. The summed E-state index contributed by atoms with van der Waals surface area (Å²) in [6, 6.07) is 6.02. The van der Waals surface area contributed by atoms with Crippen LogP contribution in [0, 0.1) is 5.82 Å². The Labute approximate surface area is 109 Å². The predicted octanol–water partition coefficient (Wildman–Crippen LogP) is 2.72. The molecule has 98 valence electrons. The zero-order chi connectivity index (χ0) is 13.4. The average molecular weight is 260 g/mol. The number of benzene rings is 1. The van der Waals surface area contributed by atoms with Gasteiger partial charge in [-0.2, -0.15) is 5.10 Å². The van der Waals surface area contributed by atoms with Crippen molar-refractivity contribution in [3.63, 3.8) is 0 Å². The number of fused-ring (bicyclic) bond motifs is 1. The number of carboxylic acid groups (broad SMARTS) is 1. The van der Waals surface area contributed by atoms with Crippen molar-refractivity contribution in [3.8, 4) is 11.1 Å². The minimum atomic E-state index is -1.07. The molecule has 1 aromatic heterocycles. The summed E-state index contributed by atoms with van der Waals surface area (Å²) in [6.07, 6.45) is 2.79. The highest BCUT2D eigenvalue weighted by Crippen LogP contribution is 2.31. The van der Waals surface area contributed by atoms with E-state index in [1.807, 2.05) is 0 Å². The van der Waals surface area contributed by atoms with Gasteiger partial charge in [-0.1, -0.05) is 12.1 Å². The third-order valence-electron chi connectivity index (χ3n) is 3.41. The second-order valence-electron chi connectivity index (χ2n) is 4.67. The van der Waals surface area contributed by atoms with E-state index in [9.17, 15) is 14.3 Å². The van der Waals surface area contributed by atoms with Crippen LogP contribution in [0.3, 0.4) is 0 Å². The van der Waals surface area contributed by atoms with E-state index in [0.29, 0.717) is 11.1 Å². The van der Waals surface area contributed by atoms with E-state index >= 15 is 0 Å². The molecular weight excluding hydrogens is 247 g/mol. The molecule has 3 rings (SSSR count). The lowest BCUT2D eigenvalue weighted by Gasteiger charge is -2.14. The Morgan fingerprint density at radius 2 is 2.21 bits per heavy atom. The molecule has 0 fully saturated rings.